The third kappa shape index (κ3) is 5.29. The van der Waals surface area contributed by atoms with Crippen molar-refractivity contribution in [2.45, 2.75) is 13.5 Å². The number of nitrogens with zero attached hydrogens (tertiary/aromatic N) is 2. The number of aryl methyl sites for hydroxylation is 1. The number of ether oxygens (including phenoxy) is 2. The summed E-state index contributed by atoms with van der Waals surface area (Å²) in [6.07, 6.45) is 1.76. The van der Waals surface area contributed by atoms with Gasteiger partial charge in [0.05, 0.1) is 19.0 Å². The number of methoxy groups -OCH3 is 1. The van der Waals surface area contributed by atoms with Crippen molar-refractivity contribution in [1.82, 2.24) is 4.98 Å². The van der Waals surface area contributed by atoms with Crippen LogP contribution in [0.15, 0.2) is 83.3 Å². The maximum Gasteiger partial charge on any atom is 0.203 e. The summed E-state index contributed by atoms with van der Waals surface area (Å²) in [5.41, 5.74) is 8.03. The molecule has 4 aromatic rings. The van der Waals surface area contributed by atoms with Crippen molar-refractivity contribution in [3.05, 3.63) is 94.9 Å². The normalized spacial score (nSPS) is 10.9. The van der Waals surface area contributed by atoms with Crippen LogP contribution >= 0.6 is 11.3 Å². The number of nitrogens with one attached hydrogen (secondary N) is 1. The summed E-state index contributed by atoms with van der Waals surface area (Å²) in [5.74, 6) is 1.65. The molecule has 0 saturated heterocycles. The Morgan fingerprint density at radius 2 is 1.81 bits per heavy atom. The van der Waals surface area contributed by atoms with E-state index in [1.165, 1.54) is 11.3 Å². The standard InChI is InChI=1S/C25H23N3O2S/c1-18-8-6-7-11-23(18)30-16-21-14-19(12-13-24(21)29-2)15-26-28-25-27-22(17-31-25)20-9-4-3-5-10-20/h3-15,17H,16H2,1-2H3,(H,27,28). The summed E-state index contributed by atoms with van der Waals surface area (Å²) in [6, 6.07) is 23.9. The highest BCUT2D eigenvalue weighted by molar-refractivity contribution is 7.14. The zero-order chi connectivity index (χ0) is 21.5. The Labute approximate surface area is 186 Å². The lowest BCUT2D eigenvalue weighted by molar-refractivity contribution is 0.295. The fourth-order valence-electron chi connectivity index (χ4n) is 3.09. The third-order valence-corrected chi connectivity index (χ3v) is 5.48. The monoisotopic (exact) mass is 429 g/mol. The first kappa shape index (κ1) is 20.6. The maximum absolute atomic E-state index is 5.99. The van der Waals surface area contributed by atoms with Crippen LogP contribution in [0.25, 0.3) is 11.3 Å². The quantitative estimate of drug-likeness (QED) is 0.269. The second kappa shape index (κ2) is 9.91. The minimum atomic E-state index is 0.413. The van der Waals surface area contributed by atoms with E-state index in [9.17, 15) is 0 Å². The molecular formula is C25H23N3O2S. The van der Waals surface area contributed by atoms with E-state index in [2.05, 4.69) is 15.5 Å². The van der Waals surface area contributed by atoms with Gasteiger partial charge < -0.3 is 9.47 Å². The molecule has 0 radical (unpaired) electrons. The van der Waals surface area contributed by atoms with E-state index >= 15 is 0 Å². The Bertz CT molecular complexity index is 1170. The summed E-state index contributed by atoms with van der Waals surface area (Å²) in [5, 5.41) is 7.10. The smallest absolute Gasteiger partial charge is 0.203 e. The zero-order valence-corrected chi connectivity index (χ0v) is 18.2. The molecule has 0 aliphatic rings. The molecule has 1 N–H and O–H groups in total. The maximum atomic E-state index is 5.99. The number of thiazole rings is 1. The Morgan fingerprint density at radius 1 is 1.00 bits per heavy atom. The van der Waals surface area contributed by atoms with Crippen molar-refractivity contribution in [1.29, 1.82) is 0 Å². The number of rotatable bonds is 8. The molecule has 0 fully saturated rings. The molecule has 0 aliphatic carbocycles. The van der Waals surface area contributed by atoms with E-state index in [0.717, 1.165) is 44.6 Å². The summed E-state index contributed by atoms with van der Waals surface area (Å²) in [6.45, 7) is 2.44. The Morgan fingerprint density at radius 3 is 2.61 bits per heavy atom. The lowest BCUT2D eigenvalue weighted by atomic mass is 10.1. The van der Waals surface area contributed by atoms with Gasteiger partial charge in [0.25, 0.3) is 0 Å². The lowest BCUT2D eigenvalue weighted by Crippen LogP contribution is -2.01. The van der Waals surface area contributed by atoms with Crippen LogP contribution in [0.3, 0.4) is 0 Å². The Hall–Kier alpha value is -3.64. The molecule has 0 saturated carbocycles. The number of hydrogen-bond donors (Lipinski definition) is 1. The first-order chi connectivity index (χ1) is 15.2. The summed E-state index contributed by atoms with van der Waals surface area (Å²) in [4.78, 5) is 4.58. The SMILES string of the molecule is COc1ccc(C=NNc2nc(-c3ccccc3)cs2)cc1COc1ccccc1C. The van der Waals surface area contributed by atoms with Gasteiger partial charge in [-0.3, -0.25) is 5.43 Å². The highest BCUT2D eigenvalue weighted by atomic mass is 32.1. The first-order valence-electron chi connectivity index (χ1n) is 9.88. The van der Waals surface area contributed by atoms with Gasteiger partial charge in [0.2, 0.25) is 5.13 Å². The molecule has 0 aliphatic heterocycles. The zero-order valence-electron chi connectivity index (χ0n) is 17.4. The second-order valence-electron chi connectivity index (χ2n) is 6.90. The summed E-state index contributed by atoms with van der Waals surface area (Å²) in [7, 11) is 1.66. The van der Waals surface area contributed by atoms with Gasteiger partial charge in [0.15, 0.2) is 0 Å². The van der Waals surface area contributed by atoms with Gasteiger partial charge in [0.1, 0.15) is 18.1 Å². The number of hydrazone groups is 1. The van der Waals surface area contributed by atoms with Gasteiger partial charge in [-0.25, -0.2) is 4.98 Å². The fraction of sp³-hybridized carbons (Fsp3) is 0.120. The van der Waals surface area contributed by atoms with Gasteiger partial charge in [-0.1, -0.05) is 48.5 Å². The van der Waals surface area contributed by atoms with E-state index < -0.39 is 0 Å². The molecular weight excluding hydrogens is 406 g/mol. The van der Waals surface area contributed by atoms with Crippen LogP contribution in [0.5, 0.6) is 11.5 Å². The molecule has 0 bridgehead atoms. The number of aromatic nitrogens is 1. The molecule has 6 heteroatoms. The summed E-state index contributed by atoms with van der Waals surface area (Å²) >= 11 is 1.52. The van der Waals surface area contributed by atoms with Crippen molar-refractivity contribution in [3.63, 3.8) is 0 Å². The Kier molecular flexibility index (Phi) is 6.59. The van der Waals surface area contributed by atoms with Crippen LogP contribution in [0.2, 0.25) is 0 Å². The van der Waals surface area contributed by atoms with Gasteiger partial charge >= 0.3 is 0 Å². The molecule has 0 atom stereocenters. The van der Waals surface area contributed by atoms with Gasteiger partial charge in [-0.05, 0) is 42.3 Å². The molecule has 31 heavy (non-hydrogen) atoms. The lowest BCUT2D eigenvalue weighted by Gasteiger charge is -2.12. The number of benzene rings is 3. The average molecular weight is 430 g/mol. The highest BCUT2D eigenvalue weighted by Crippen LogP contribution is 2.25. The minimum Gasteiger partial charge on any atom is -0.496 e. The van der Waals surface area contributed by atoms with Crippen LogP contribution in [-0.2, 0) is 6.61 Å². The fourth-order valence-corrected chi connectivity index (χ4v) is 3.76. The minimum absolute atomic E-state index is 0.413. The summed E-state index contributed by atoms with van der Waals surface area (Å²) < 4.78 is 11.5. The van der Waals surface area contributed by atoms with Crippen LogP contribution in [0, 0.1) is 6.92 Å². The predicted molar refractivity (Wildman–Crippen MR) is 127 cm³/mol. The van der Waals surface area contributed by atoms with Crippen molar-refractivity contribution in [2.75, 3.05) is 12.5 Å². The van der Waals surface area contributed by atoms with Gasteiger partial charge in [-0.15, -0.1) is 11.3 Å². The number of para-hydroxylation sites is 1. The predicted octanol–water partition coefficient (Wildman–Crippen LogP) is 6.15. The molecule has 0 unspecified atom stereocenters. The van der Waals surface area contributed by atoms with Crippen molar-refractivity contribution >= 4 is 22.7 Å². The van der Waals surface area contributed by atoms with Crippen LogP contribution in [0.4, 0.5) is 5.13 Å². The van der Waals surface area contributed by atoms with E-state index in [4.69, 9.17) is 9.47 Å². The van der Waals surface area contributed by atoms with Crippen LogP contribution in [-0.4, -0.2) is 18.3 Å². The van der Waals surface area contributed by atoms with Gasteiger partial charge in [0, 0.05) is 16.5 Å². The van der Waals surface area contributed by atoms with Gasteiger partial charge in [-0.2, -0.15) is 5.10 Å². The molecule has 5 nitrogen and oxygen atoms in total. The van der Waals surface area contributed by atoms with Crippen molar-refractivity contribution < 1.29 is 9.47 Å². The largest absolute Gasteiger partial charge is 0.496 e. The topological polar surface area (TPSA) is 55.7 Å². The van der Waals surface area contributed by atoms with Crippen molar-refractivity contribution in [3.8, 4) is 22.8 Å². The van der Waals surface area contributed by atoms with E-state index in [0.29, 0.717) is 6.61 Å². The Balaban J connectivity index is 1.42. The van der Waals surface area contributed by atoms with Crippen LogP contribution < -0.4 is 14.9 Å². The van der Waals surface area contributed by atoms with E-state index in [-0.39, 0.29) is 0 Å². The molecule has 1 aromatic heterocycles. The number of hydrogen-bond acceptors (Lipinski definition) is 6. The van der Waals surface area contributed by atoms with E-state index in [1.807, 2.05) is 85.1 Å². The van der Waals surface area contributed by atoms with Crippen molar-refractivity contribution in [2.24, 2.45) is 5.10 Å². The highest BCUT2D eigenvalue weighted by Gasteiger charge is 2.07. The van der Waals surface area contributed by atoms with Crippen LogP contribution in [0.1, 0.15) is 16.7 Å². The molecule has 3 aromatic carbocycles. The molecule has 156 valence electrons. The number of anilines is 1. The molecule has 0 amide bonds. The molecule has 4 rings (SSSR count). The third-order valence-electron chi connectivity index (χ3n) is 4.73. The average Bonchev–Trinajstić information content (AvgIpc) is 3.28. The second-order valence-corrected chi connectivity index (χ2v) is 7.76. The molecule has 1 heterocycles. The molecule has 0 spiro atoms. The first-order valence-corrected chi connectivity index (χ1v) is 10.8. The van der Waals surface area contributed by atoms with E-state index in [1.54, 1.807) is 13.3 Å².